The number of likely N-dealkylation sites (tertiary alicyclic amines) is 1. The van der Waals surface area contributed by atoms with Gasteiger partial charge in [0.25, 0.3) is 0 Å². The van der Waals surface area contributed by atoms with Crippen molar-refractivity contribution in [1.29, 1.82) is 0 Å². The lowest BCUT2D eigenvalue weighted by atomic mass is 9.84. The molecule has 3 atom stereocenters. The van der Waals surface area contributed by atoms with Gasteiger partial charge in [0.1, 0.15) is 0 Å². The molecule has 0 saturated carbocycles. The van der Waals surface area contributed by atoms with Crippen LogP contribution in [-0.2, 0) is 0 Å². The van der Waals surface area contributed by atoms with Crippen LogP contribution in [0.2, 0.25) is 0 Å². The second-order valence-corrected chi connectivity index (χ2v) is 5.29. The molecule has 2 rings (SSSR count). The lowest BCUT2D eigenvalue weighted by molar-refractivity contribution is 0.169. The van der Waals surface area contributed by atoms with Crippen LogP contribution in [0.3, 0.4) is 0 Å². The average molecular weight is 196 g/mol. The summed E-state index contributed by atoms with van der Waals surface area (Å²) in [5, 5.41) is 3.57. The molecule has 2 aliphatic heterocycles. The summed E-state index contributed by atoms with van der Waals surface area (Å²) in [5.41, 5.74) is 0. The van der Waals surface area contributed by atoms with E-state index in [1.807, 2.05) is 0 Å². The number of hydrogen-bond donors (Lipinski definition) is 1. The Morgan fingerprint density at radius 2 is 1.93 bits per heavy atom. The first-order chi connectivity index (χ1) is 6.75. The van der Waals surface area contributed by atoms with Crippen LogP contribution in [0.15, 0.2) is 0 Å². The maximum Gasteiger partial charge on any atom is 0.00420 e. The zero-order valence-corrected chi connectivity index (χ0v) is 9.63. The van der Waals surface area contributed by atoms with Gasteiger partial charge in [0, 0.05) is 12.6 Å². The van der Waals surface area contributed by atoms with Crippen molar-refractivity contribution in [2.75, 3.05) is 26.2 Å². The minimum absolute atomic E-state index is 0.735. The molecule has 2 fully saturated rings. The number of nitrogens with one attached hydrogen (secondary N) is 1. The third-order valence-electron chi connectivity index (χ3n) is 3.94. The van der Waals surface area contributed by atoms with Crippen LogP contribution in [0.1, 0.15) is 33.1 Å². The van der Waals surface area contributed by atoms with Gasteiger partial charge in [-0.15, -0.1) is 0 Å². The van der Waals surface area contributed by atoms with Crippen LogP contribution in [0.25, 0.3) is 0 Å². The maximum absolute atomic E-state index is 3.57. The highest BCUT2D eigenvalue weighted by molar-refractivity contribution is 4.83. The molecule has 0 radical (unpaired) electrons. The van der Waals surface area contributed by atoms with E-state index in [-0.39, 0.29) is 0 Å². The van der Waals surface area contributed by atoms with E-state index in [1.54, 1.807) is 0 Å². The fraction of sp³-hybridized carbons (Fsp3) is 1.00. The molecule has 0 aromatic heterocycles. The van der Waals surface area contributed by atoms with E-state index >= 15 is 0 Å². The number of nitrogens with zero attached hydrogens (tertiary/aromatic N) is 1. The summed E-state index contributed by atoms with van der Waals surface area (Å²) in [7, 11) is 0. The van der Waals surface area contributed by atoms with Crippen molar-refractivity contribution in [3.8, 4) is 0 Å². The first-order valence-corrected chi connectivity index (χ1v) is 6.21. The molecule has 82 valence electrons. The van der Waals surface area contributed by atoms with Crippen LogP contribution in [-0.4, -0.2) is 37.1 Å². The maximum atomic E-state index is 3.57. The summed E-state index contributed by atoms with van der Waals surface area (Å²) in [5.74, 6) is 1.80. The second-order valence-electron chi connectivity index (χ2n) is 5.29. The van der Waals surface area contributed by atoms with E-state index in [1.165, 1.54) is 45.4 Å². The summed E-state index contributed by atoms with van der Waals surface area (Å²) in [6.45, 7) is 10.0. The van der Waals surface area contributed by atoms with E-state index in [2.05, 4.69) is 24.1 Å². The predicted molar refractivity (Wildman–Crippen MR) is 60.4 cm³/mol. The van der Waals surface area contributed by atoms with Crippen molar-refractivity contribution in [2.24, 2.45) is 11.8 Å². The topological polar surface area (TPSA) is 15.3 Å². The molecule has 0 amide bonds. The van der Waals surface area contributed by atoms with Crippen molar-refractivity contribution < 1.29 is 0 Å². The summed E-state index contributed by atoms with van der Waals surface area (Å²) >= 11 is 0. The predicted octanol–water partition coefficient (Wildman–Crippen LogP) is 1.72. The number of hydrogen-bond acceptors (Lipinski definition) is 2. The molecule has 0 spiro atoms. The van der Waals surface area contributed by atoms with Crippen molar-refractivity contribution in [1.82, 2.24) is 10.2 Å². The first kappa shape index (κ1) is 10.4. The second kappa shape index (κ2) is 4.63. The van der Waals surface area contributed by atoms with Crippen LogP contribution in [0, 0.1) is 11.8 Å². The van der Waals surface area contributed by atoms with Crippen molar-refractivity contribution >= 4 is 0 Å². The van der Waals surface area contributed by atoms with Gasteiger partial charge in [-0.2, -0.15) is 0 Å². The highest BCUT2D eigenvalue weighted by Gasteiger charge is 2.27. The summed E-state index contributed by atoms with van der Waals surface area (Å²) in [6.07, 6.45) is 4.22. The van der Waals surface area contributed by atoms with Crippen LogP contribution >= 0.6 is 0 Å². The van der Waals surface area contributed by atoms with E-state index in [9.17, 15) is 0 Å². The molecule has 0 aromatic carbocycles. The minimum Gasteiger partial charge on any atom is -0.314 e. The summed E-state index contributed by atoms with van der Waals surface area (Å²) in [6, 6.07) is 0.735. The lowest BCUT2D eigenvalue weighted by Crippen LogP contribution is -2.45. The Balaban J connectivity index is 1.82. The Labute approximate surface area is 88.1 Å². The van der Waals surface area contributed by atoms with Gasteiger partial charge >= 0.3 is 0 Å². The fourth-order valence-electron chi connectivity index (χ4n) is 2.87. The third-order valence-corrected chi connectivity index (χ3v) is 3.94. The van der Waals surface area contributed by atoms with E-state index in [0.717, 1.165) is 17.9 Å². The van der Waals surface area contributed by atoms with Gasteiger partial charge in [0.2, 0.25) is 0 Å². The largest absolute Gasteiger partial charge is 0.314 e. The normalized spacial score (nSPS) is 40.3. The molecule has 14 heavy (non-hydrogen) atoms. The SMILES string of the molecule is CC1CC(CN2CCCC2)C(C)CN1. The first-order valence-electron chi connectivity index (χ1n) is 6.21. The molecular weight excluding hydrogens is 172 g/mol. The smallest absolute Gasteiger partial charge is 0.00420 e. The minimum atomic E-state index is 0.735. The monoisotopic (exact) mass is 196 g/mol. The van der Waals surface area contributed by atoms with Gasteiger partial charge in [-0.25, -0.2) is 0 Å². The quantitative estimate of drug-likeness (QED) is 0.723. The van der Waals surface area contributed by atoms with Gasteiger partial charge in [0.05, 0.1) is 0 Å². The molecule has 2 heterocycles. The van der Waals surface area contributed by atoms with Gasteiger partial charge < -0.3 is 10.2 Å². The van der Waals surface area contributed by atoms with Gasteiger partial charge in [-0.05, 0) is 57.7 Å². The van der Waals surface area contributed by atoms with Crippen molar-refractivity contribution in [3.63, 3.8) is 0 Å². The Morgan fingerprint density at radius 1 is 1.21 bits per heavy atom. The van der Waals surface area contributed by atoms with Gasteiger partial charge in [-0.3, -0.25) is 0 Å². The standard InChI is InChI=1S/C12H24N2/c1-10-8-13-11(2)7-12(10)9-14-5-3-4-6-14/h10-13H,3-9H2,1-2H3. The highest BCUT2D eigenvalue weighted by Crippen LogP contribution is 2.24. The average Bonchev–Trinajstić information content (AvgIpc) is 2.64. The molecule has 0 aromatic rings. The number of rotatable bonds is 2. The zero-order chi connectivity index (χ0) is 9.97. The van der Waals surface area contributed by atoms with Crippen LogP contribution in [0.5, 0.6) is 0 Å². The molecule has 0 bridgehead atoms. The molecule has 0 aliphatic carbocycles. The van der Waals surface area contributed by atoms with E-state index < -0.39 is 0 Å². The van der Waals surface area contributed by atoms with Crippen molar-refractivity contribution in [2.45, 2.75) is 39.2 Å². The van der Waals surface area contributed by atoms with E-state index in [4.69, 9.17) is 0 Å². The highest BCUT2D eigenvalue weighted by atomic mass is 15.1. The Hall–Kier alpha value is -0.0800. The lowest BCUT2D eigenvalue weighted by Gasteiger charge is -2.36. The molecule has 2 aliphatic rings. The van der Waals surface area contributed by atoms with Gasteiger partial charge in [0.15, 0.2) is 0 Å². The van der Waals surface area contributed by atoms with Crippen LogP contribution in [0.4, 0.5) is 0 Å². The zero-order valence-electron chi connectivity index (χ0n) is 9.63. The van der Waals surface area contributed by atoms with Crippen molar-refractivity contribution in [3.05, 3.63) is 0 Å². The van der Waals surface area contributed by atoms with Crippen LogP contribution < -0.4 is 5.32 Å². The Morgan fingerprint density at radius 3 is 2.64 bits per heavy atom. The fourth-order valence-corrected chi connectivity index (χ4v) is 2.87. The summed E-state index contributed by atoms with van der Waals surface area (Å²) in [4.78, 5) is 2.67. The molecule has 2 saturated heterocycles. The molecule has 1 N–H and O–H groups in total. The molecule has 2 heteroatoms. The van der Waals surface area contributed by atoms with E-state index in [0.29, 0.717) is 0 Å². The molecule has 3 unspecified atom stereocenters. The molecular formula is C12H24N2. The Kier molecular flexibility index (Phi) is 3.45. The Bertz CT molecular complexity index is 175. The van der Waals surface area contributed by atoms with Gasteiger partial charge in [-0.1, -0.05) is 6.92 Å². The third kappa shape index (κ3) is 2.48. The number of piperidine rings is 1. The summed E-state index contributed by atoms with van der Waals surface area (Å²) < 4.78 is 0. The molecule has 2 nitrogen and oxygen atoms in total.